The monoisotopic (exact) mass is 479 g/mol. The molecule has 2 N–H and O–H groups in total. The molecule has 4 rings (SSSR count). The Morgan fingerprint density at radius 3 is 2.43 bits per heavy atom. The molecule has 1 saturated heterocycles. The molecule has 5 nitrogen and oxygen atoms in total. The number of carbonyl (C=O) groups excluding carboxylic acids is 2. The smallest absolute Gasteiger partial charge is 0.230 e. The number of carbonyl (C=O) groups is 2. The molecule has 1 saturated carbocycles. The third-order valence-electron chi connectivity index (χ3n) is 7.74. The summed E-state index contributed by atoms with van der Waals surface area (Å²) in [5.41, 5.74) is 2.59. The minimum Gasteiger partial charge on any atom is -0.355 e. The predicted molar refractivity (Wildman–Crippen MR) is 138 cm³/mol. The van der Waals surface area contributed by atoms with E-state index in [1.165, 1.54) is 24.6 Å². The lowest BCUT2D eigenvalue weighted by Crippen LogP contribution is -2.46. The lowest BCUT2D eigenvalue weighted by atomic mass is 9.68. The molecule has 2 aliphatic rings. The Hall–Kier alpha value is -2.73. The second kappa shape index (κ2) is 11.8. The van der Waals surface area contributed by atoms with Gasteiger partial charge in [0.05, 0.1) is 5.41 Å². The third-order valence-corrected chi connectivity index (χ3v) is 7.74. The van der Waals surface area contributed by atoms with Crippen LogP contribution in [-0.4, -0.2) is 42.9 Å². The summed E-state index contributed by atoms with van der Waals surface area (Å²) in [6, 6.07) is 14.7. The highest BCUT2D eigenvalue weighted by atomic mass is 19.1. The van der Waals surface area contributed by atoms with Gasteiger partial charge in [0.1, 0.15) is 5.82 Å². The van der Waals surface area contributed by atoms with Crippen LogP contribution in [0.25, 0.3) is 0 Å². The fourth-order valence-electron chi connectivity index (χ4n) is 5.81. The molecule has 2 amide bonds. The highest BCUT2D eigenvalue weighted by Crippen LogP contribution is 2.40. The van der Waals surface area contributed by atoms with Gasteiger partial charge in [0.25, 0.3) is 0 Å². The molecule has 0 spiro atoms. The molecule has 1 aliphatic heterocycles. The highest BCUT2D eigenvalue weighted by molar-refractivity contribution is 5.89. The number of benzene rings is 2. The standard InChI is InChI=1S/C29H38FN3O2/c1-22(34)32-27-8-5-7-24(21-27)23-13-19-33(20-14-23)18-6-17-31-28(35)29(15-3-2-4-16-29)25-9-11-26(30)12-10-25/h5,7-12,21,23H,2-4,6,13-20H2,1H3,(H,31,35)(H,32,34). The number of rotatable bonds is 8. The van der Waals surface area contributed by atoms with Crippen molar-refractivity contribution in [3.63, 3.8) is 0 Å². The maximum atomic E-state index is 13.5. The fraction of sp³-hybridized carbons (Fsp3) is 0.517. The minimum absolute atomic E-state index is 0.0452. The van der Waals surface area contributed by atoms with Crippen LogP contribution in [0.15, 0.2) is 48.5 Å². The van der Waals surface area contributed by atoms with Gasteiger partial charge < -0.3 is 15.5 Å². The molecule has 2 aromatic carbocycles. The first-order valence-corrected chi connectivity index (χ1v) is 13.1. The summed E-state index contributed by atoms with van der Waals surface area (Å²) in [6.45, 7) is 5.26. The molecule has 6 heteroatoms. The van der Waals surface area contributed by atoms with Crippen molar-refractivity contribution in [1.29, 1.82) is 0 Å². The number of nitrogens with one attached hydrogen (secondary N) is 2. The number of hydrogen-bond acceptors (Lipinski definition) is 3. The van der Waals surface area contributed by atoms with E-state index >= 15 is 0 Å². The first kappa shape index (κ1) is 25.4. The van der Waals surface area contributed by atoms with E-state index in [0.29, 0.717) is 12.5 Å². The van der Waals surface area contributed by atoms with Gasteiger partial charge >= 0.3 is 0 Å². The van der Waals surface area contributed by atoms with Crippen LogP contribution in [0, 0.1) is 5.82 Å². The zero-order valence-electron chi connectivity index (χ0n) is 20.8. The number of nitrogens with zero attached hydrogens (tertiary/aromatic N) is 1. The molecular formula is C29H38FN3O2. The van der Waals surface area contributed by atoms with E-state index < -0.39 is 5.41 Å². The maximum Gasteiger partial charge on any atom is 0.230 e. The van der Waals surface area contributed by atoms with Crippen molar-refractivity contribution in [3.05, 3.63) is 65.5 Å². The molecule has 35 heavy (non-hydrogen) atoms. The first-order chi connectivity index (χ1) is 17.0. The normalized spacial score (nSPS) is 18.7. The molecule has 2 aromatic rings. The summed E-state index contributed by atoms with van der Waals surface area (Å²) < 4.78 is 13.5. The second-order valence-electron chi connectivity index (χ2n) is 10.2. The van der Waals surface area contributed by atoms with Gasteiger partial charge in [-0.05, 0) is 93.0 Å². The van der Waals surface area contributed by atoms with Gasteiger partial charge in [0.15, 0.2) is 0 Å². The molecule has 0 bridgehead atoms. The molecule has 2 fully saturated rings. The fourth-order valence-corrected chi connectivity index (χ4v) is 5.81. The van der Waals surface area contributed by atoms with E-state index in [9.17, 15) is 14.0 Å². The van der Waals surface area contributed by atoms with Crippen LogP contribution >= 0.6 is 0 Å². The first-order valence-electron chi connectivity index (χ1n) is 13.1. The summed E-state index contributed by atoms with van der Waals surface area (Å²) in [5.74, 6) is 0.309. The number of halogens is 1. The molecule has 0 unspecified atom stereocenters. The van der Waals surface area contributed by atoms with E-state index in [4.69, 9.17) is 0 Å². The minimum atomic E-state index is -0.518. The molecule has 1 heterocycles. The van der Waals surface area contributed by atoms with Crippen molar-refractivity contribution in [1.82, 2.24) is 10.2 Å². The zero-order chi connectivity index (χ0) is 24.7. The number of piperidine rings is 1. The summed E-state index contributed by atoms with van der Waals surface area (Å²) in [6.07, 6.45) is 8.02. The van der Waals surface area contributed by atoms with Crippen molar-refractivity contribution in [2.45, 2.75) is 69.6 Å². The summed E-state index contributed by atoms with van der Waals surface area (Å²) in [5, 5.41) is 6.08. The van der Waals surface area contributed by atoms with E-state index in [0.717, 1.165) is 82.3 Å². The number of amides is 2. The molecule has 1 aliphatic carbocycles. The highest BCUT2D eigenvalue weighted by Gasteiger charge is 2.40. The van der Waals surface area contributed by atoms with Crippen LogP contribution in [0.5, 0.6) is 0 Å². The molecular weight excluding hydrogens is 441 g/mol. The third kappa shape index (κ3) is 6.49. The van der Waals surface area contributed by atoms with Crippen molar-refractivity contribution in [2.75, 3.05) is 31.5 Å². The van der Waals surface area contributed by atoms with Crippen LogP contribution in [0.1, 0.15) is 75.3 Å². The van der Waals surface area contributed by atoms with E-state index in [1.54, 1.807) is 12.1 Å². The number of hydrogen-bond donors (Lipinski definition) is 2. The molecule has 0 aromatic heterocycles. The largest absolute Gasteiger partial charge is 0.355 e. The lowest BCUT2D eigenvalue weighted by Gasteiger charge is -2.36. The average Bonchev–Trinajstić information content (AvgIpc) is 2.87. The van der Waals surface area contributed by atoms with Gasteiger partial charge in [-0.25, -0.2) is 4.39 Å². The number of likely N-dealkylation sites (tertiary alicyclic amines) is 1. The van der Waals surface area contributed by atoms with Crippen LogP contribution in [0.4, 0.5) is 10.1 Å². The van der Waals surface area contributed by atoms with Crippen molar-refractivity contribution in [3.8, 4) is 0 Å². The Bertz CT molecular complexity index is 993. The Morgan fingerprint density at radius 1 is 1.03 bits per heavy atom. The van der Waals surface area contributed by atoms with Gasteiger partial charge in [-0.2, -0.15) is 0 Å². The Labute approximate surface area is 208 Å². The van der Waals surface area contributed by atoms with Crippen LogP contribution in [0.2, 0.25) is 0 Å². The SMILES string of the molecule is CC(=O)Nc1cccc(C2CCN(CCCNC(=O)C3(c4ccc(F)cc4)CCCCC3)CC2)c1. The van der Waals surface area contributed by atoms with Gasteiger partial charge in [0.2, 0.25) is 11.8 Å². The van der Waals surface area contributed by atoms with Crippen LogP contribution < -0.4 is 10.6 Å². The molecule has 188 valence electrons. The molecule has 0 atom stereocenters. The van der Waals surface area contributed by atoms with Crippen LogP contribution in [-0.2, 0) is 15.0 Å². The topological polar surface area (TPSA) is 61.4 Å². The maximum absolute atomic E-state index is 13.5. The predicted octanol–water partition coefficient (Wildman–Crippen LogP) is 5.37. The quantitative estimate of drug-likeness (QED) is 0.500. The van der Waals surface area contributed by atoms with Gasteiger partial charge in [-0.15, -0.1) is 0 Å². The summed E-state index contributed by atoms with van der Waals surface area (Å²) in [4.78, 5) is 27.1. The summed E-state index contributed by atoms with van der Waals surface area (Å²) >= 11 is 0. The second-order valence-corrected chi connectivity index (χ2v) is 10.2. The van der Waals surface area contributed by atoms with Gasteiger partial charge in [-0.3, -0.25) is 9.59 Å². The van der Waals surface area contributed by atoms with E-state index in [1.807, 2.05) is 12.1 Å². The molecule has 0 radical (unpaired) electrons. The Balaban J connectivity index is 1.23. The van der Waals surface area contributed by atoms with Gasteiger partial charge in [0, 0.05) is 19.2 Å². The number of anilines is 1. The lowest BCUT2D eigenvalue weighted by molar-refractivity contribution is -0.128. The van der Waals surface area contributed by atoms with E-state index in [-0.39, 0.29) is 17.6 Å². The zero-order valence-corrected chi connectivity index (χ0v) is 20.8. The van der Waals surface area contributed by atoms with Crippen molar-refractivity contribution >= 4 is 17.5 Å². The Kier molecular flexibility index (Phi) is 8.55. The van der Waals surface area contributed by atoms with Gasteiger partial charge in [-0.1, -0.05) is 43.5 Å². The van der Waals surface area contributed by atoms with Crippen molar-refractivity contribution in [2.24, 2.45) is 0 Å². The Morgan fingerprint density at radius 2 is 1.74 bits per heavy atom. The average molecular weight is 480 g/mol. The van der Waals surface area contributed by atoms with Crippen LogP contribution in [0.3, 0.4) is 0 Å². The summed E-state index contributed by atoms with van der Waals surface area (Å²) in [7, 11) is 0. The van der Waals surface area contributed by atoms with Crippen molar-refractivity contribution < 1.29 is 14.0 Å². The van der Waals surface area contributed by atoms with E-state index in [2.05, 4.69) is 27.7 Å².